The van der Waals surface area contributed by atoms with Crippen molar-refractivity contribution < 1.29 is 36.3 Å². The van der Waals surface area contributed by atoms with Crippen LogP contribution in [0.2, 0.25) is 0 Å². The van der Waals surface area contributed by atoms with Crippen LogP contribution in [-0.4, -0.2) is 59.3 Å². The summed E-state index contributed by atoms with van der Waals surface area (Å²) in [5, 5.41) is 12.0. The van der Waals surface area contributed by atoms with E-state index in [1.807, 2.05) is 98.7 Å². The van der Waals surface area contributed by atoms with E-state index in [0.717, 1.165) is 87.1 Å². The molecule has 1 fully saturated rings. The van der Waals surface area contributed by atoms with Crippen LogP contribution >= 0.6 is 0 Å². The minimum absolute atomic E-state index is 0.163. The minimum Gasteiger partial charge on any atom is -0.495 e. The number of piperidine rings is 1. The molecule has 0 aromatic heterocycles. The van der Waals surface area contributed by atoms with Crippen molar-refractivity contribution in [3.05, 3.63) is 124 Å². The molecule has 2 heterocycles. The molecule has 5 aromatic rings. The maximum absolute atomic E-state index is 14.7. The fraction of sp³-hybridized carbons (Fsp3) is 0.436. The van der Waals surface area contributed by atoms with E-state index in [9.17, 15) is 9.65 Å². The third-order valence-corrected chi connectivity index (χ3v) is 15.4. The zero-order chi connectivity index (χ0) is 47.5. The maximum Gasteiger partial charge on any atom is 0.681 e. The van der Waals surface area contributed by atoms with Crippen molar-refractivity contribution in [1.82, 2.24) is 0 Å². The SMILES string of the molecule is COc1cc2c3c(c4c(c2cc1N1CCCCC1)-c1ccc(C#N)cc1C4(C)C)C=CC(c1ccc(F)cc1)(c1ccc(OCCO[Si](OC(C)(C)C)(OC(C)(C)C)OC(C)(C)C)cc1)O3. The molecule has 0 radical (unpaired) electrons. The van der Waals surface area contributed by atoms with Crippen molar-refractivity contribution in [3.63, 3.8) is 0 Å². The Morgan fingerprint density at radius 3 is 1.94 bits per heavy atom. The van der Waals surface area contributed by atoms with E-state index >= 15 is 0 Å². The van der Waals surface area contributed by atoms with E-state index in [0.29, 0.717) is 17.1 Å². The third-order valence-electron chi connectivity index (χ3n) is 12.2. The lowest BCUT2D eigenvalue weighted by Gasteiger charge is -2.41. The Morgan fingerprint density at radius 1 is 0.758 bits per heavy atom. The summed E-state index contributed by atoms with van der Waals surface area (Å²) in [6, 6.07) is 27.2. The van der Waals surface area contributed by atoms with Crippen molar-refractivity contribution in [2.75, 3.05) is 38.3 Å². The Bertz CT molecular complexity index is 2640. The van der Waals surface area contributed by atoms with Crippen LogP contribution in [0.1, 0.15) is 129 Å². The summed E-state index contributed by atoms with van der Waals surface area (Å²) in [5.41, 5.74) is 5.33. The first-order valence-electron chi connectivity index (χ1n) is 23.2. The summed E-state index contributed by atoms with van der Waals surface area (Å²) in [5.74, 6) is 1.77. The van der Waals surface area contributed by atoms with Gasteiger partial charge in [0.25, 0.3) is 0 Å². The van der Waals surface area contributed by atoms with Crippen molar-refractivity contribution >= 4 is 31.6 Å². The van der Waals surface area contributed by atoms with Crippen molar-refractivity contribution in [2.24, 2.45) is 0 Å². The molecule has 0 spiro atoms. The number of hydrogen-bond acceptors (Lipinski definition) is 9. The van der Waals surface area contributed by atoms with E-state index in [1.165, 1.54) is 18.6 Å². The highest BCUT2D eigenvalue weighted by atomic mass is 28.4. The molecule has 1 atom stereocenters. The van der Waals surface area contributed by atoms with Gasteiger partial charge in [-0.15, -0.1) is 0 Å². The van der Waals surface area contributed by atoms with Gasteiger partial charge in [-0.3, -0.25) is 0 Å². The number of nitriles is 1. The fourth-order valence-electron chi connectivity index (χ4n) is 9.69. The van der Waals surface area contributed by atoms with Crippen LogP contribution in [0.15, 0.2) is 84.9 Å². The lowest BCUT2D eigenvalue weighted by atomic mass is 9.76. The predicted molar refractivity (Wildman–Crippen MR) is 262 cm³/mol. The molecule has 0 N–H and O–H groups in total. The Hall–Kier alpha value is -5.22. The number of hydrogen-bond donors (Lipinski definition) is 0. The molecule has 0 bridgehead atoms. The molecular formula is C55H65FN2O7Si. The molecule has 2 aliphatic heterocycles. The van der Waals surface area contributed by atoms with Crippen molar-refractivity contribution in [2.45, 2.75) is 123 Å². The first-order valence-corrected chi connectivity index (χ1v) is 24.8. The van der Waals surface area contributed by atoms with Gasteiger partial charge in [-0.1, -0.05) is 50.3 Å². The van der Waals surface area contributed by atoms with Gasteiger partial charge in [0.1, 0.15) is 29.7 Å². The smallest absolute Gasteiger partial charge is 0.495 e. The van der Waals surface area contributed by atoms with Gasteiger partial charge < -0.3 is 36.8 Å². The van der Waals surface area contributed by atoms with Gasteiger partial charge >= 0.3 is 9.05 Å². The number of rotatable bonds is 12. The van der Waals surface area contributed by atoms with E-state index in [1.54, 1.807) is 19.2 Å². The molecule has 1 unspecified atom stereocenters. The highest BCUT2D eigenvalue weighted by Gasteiger charge is 2.54. The molecule has 1 saturated heterocycles. The molecule has 0 saturated carbocycles. The maximum atomic E-state index is 14.7. The average molecular weight is 913 g/mol. The van der Waals surface area contributed by atoms with Crippen molar-refractivity contribution in [3.8, 4) is 34.4 Å². The molecule has 8 rings (SSSR count). The van der Waals surface area contributed by atoms with E-state index in [4.69, 9.17) is 31.9 Å². The van der Waals surface area contributed by atoms with Crippen molar-refractivity contribution in [1.29, 1.82) is 5.26 Å². The molecule has 1 aliphatic carbocycles. The zero-order valence-corrected chi connectivity index (χ0v) is 41.7. The Morgan fingerprint density at radius 2 is 1.36 bits per heavy atom. The van der Waals surface area contributed by atoms with Gasteiger partial charge in [0, 0.05) is 40.6 Å². The largest absolute Gasteiger partial charge is 0.681 e. The number of anilines is 1. The second-order valence-corrected chi connectivity index (χ2v) is 23.1. The average Bonchev–Trinajstić information content (AvgIpc) is 3.49. The van der Waals surface area contributed by atoms with Gasteiger partial charge in [0.15, 0.2) is 5.60 Å². The molecule has 66 heavy (non-hydrogen) atoms. The number of nitrogens with zero attached hydrogens (tertiary/aromatic N) is 2. The number of benzene rings is 5. The predicted octanol–water partition coefficient (Wildman–Crippen LogP) is 12.8. The number of ether oxygens (including phenoxy) is 3. The second kappa shape index (κ2) is 17.5. The number of fused-ring (bicyclic) bond motifs is 8. The summed E-state index contributed by atoms with van der Waals surface area (Å²) >= 11 is 0. The van der Waals surface area contributed by atoms with Crippen LogP contribution in [0.3, 0.4) is 0 Å². The monoisotopic (exact) mass is 912 g/mol. The molecule has 9 nitrogen and oxygen atoms in total. The van der Waals surface area contributed by atoms with Crippen LogP contribution in [0.5, 0.6) is 17.2 Å². The quantitative estimate of drug-likeness (QED) is 0.0896. The zero-order valence-electron chi connectivity index (χ0n) is 40.7. The third kappa shape index (κ3) is 9.36. The van der Waals surface area contributed by atoms with Gasteiger partial charge in [-0.05, 0) is 164 Å². The highest BCUT2D eigenvalue weighted by Crippen LogP contribution is 2.59. The van der Waals surface area contributed by atoms with E-state index in [2.05, 4.69) is 55.2 Å². The van der Waals surface area contributed by atoms with Crippen LogP contribution in [0.25, 0.3) is 28.0 Å². The molecule has 5 aromatic carbocycles. The second-order valence-electron chi connectivity index (χ2n) is 21.1. The first-order chi connectivity index (χ1) is 31.1. The number of halogens is 1. The summed E-state index contributed by atoms with van der Waals surface area (Å²) in [6.07, 6.45) is 7.70. The lowest BCUT2D eigenvalue weighted by Crippen LogP contribution is -2.59. The minimum atomic E-state index is -3.68. The van der Waals surface area contributed by atoms with Gasteiger partial charge in [-0.25, -0.2) is 4.39 Å². The van der Waals surface area contributed by atoms with Gasteiger partial charge in [0.2, 0.25) is 0 Å². The summed E-state index contributed by atoms with van der Waals surface area (Å²) in [4.78, 5) is 2.43. The topological polar surface area (TPSA) is 91.6 Å². The number of methoxy groups -OCH3 is 1. The highest BCUT2D eigenvalue weighted by molar-refractivity contribution is 6.54. The molecule has 0 amide bonds. The van der Waals surface area contributed by atoms with Crippen LogP contribution < -0.4 is 19.1 Å². The lowest BCUT2D eigenvalue weighted by molar-refractivity contribution is -0.135. The van der Waals surface area contributed by atoms with Gasteiger partial charge in [0.05, 0.1) is 47.8 Å². The van der Waals surface area contributed by atoms with Gasteiger partial charge in [-0.2, -0.15) is 5.26 Å². The Balaban J connectivity index is 1.19. The summed E-state index contributed by atoms with van der Waals surface area (Å²) < 4.78 is 60.6. The summed E-state index contributed by atoms with van der Waals surface area (Å²) in [7, 11) is -1.95. The van der Waals surface area contributed by atoms with E-state index in [-0.39, 0.29) is 19.0 Å². The Kier molecular flexibility index (Phi) is 12.5. The molecule has 11 heteroatoms. The van der Waals surface area contributed by atoms with Crippen LogP contribution in [0.4, 0.5) is 10.1 Å². The standard InChI is InChI=1S/C55H65FN2O7Si/c1-51(2,3)63-66(64-52(4,5)6,65-53(7,8)9)61-31-30-60-40-23-19-38(20-24-40)55(37-17-21-39(56)22-18-37)27-26-42-49-48(41-25-16-36(35-57)32-45(41)54(49,10)11)43-33-46(58-28-14-13-15-29-58)47(59-12)34-44(43)50(42)62-55/h16-27,32-34H,13-15,28-31H2,1-12H3. The summed E-state index contributed by atoms with van der Waals surface area (Å²) in [6.45, 7) is 24.4. The first kappa shape index (κ1) is 47.3. The molecule has 348 valence electrons. The van der Waals surface area contributed by atoms with E-state index < -0.39 is 36.9 Å². The Labute approximate surface area is 391 Å². The molecular weight excluding hydrogens is 848 g/mol. The van der Waals surface area contributed by atoms with Crippen LogP contribution in [0, 0.1) is 17.1 Å². The van der Waals surface area contributed by atoms with Crippen LogP contribution in [-0.2, 0) is 28.7 Å². The molecule has 3 aliphatic rings. The normalized spacial score (nSPS) is 18.0. The fourth-order valence-corrected chi connectivity index (χ4v) is 12.6.